The van der Waals surface area contributed by atoms with Gasteiger partial charge in [0.25, 0.3) is 0 Å². The third-order valence-electron chi connectivity index (χ3n) is 3.60. The van der Waals surface area contributed by atoms with Crippen molar-refractivity contribution in [2.75, 3.05) is 26.8 Å². The number of ether oxygens (including phenoxy) is 1. The van der Waals surface area contributed by atoms with E-state index in [0.717, 1.165) is 12.6 Å². The van der Waals surface area contributed by atoms with E-state index < -0.39 is 17.0 Å². The molecule has 1 heterocycles. The fourth-order valence-corrected chi connectivity index (χ4v) is 2.43. The van der Waals surface area contributed by atoms with Gasteiger partial charge in [0.05, 0.1) is 12.0 Å². The first-order chi connectivity index (χ1) is 9.57. The summed E-state index contributed by atoms with van der Waals surface area (Å²) >= 11 is 0. The molecule has 0 bridgehead atoms. The molecule has 1 atom stereocenters. The van der Waals surface area contributed by atoms with Crippen LogP contribution in [0, 0.1) is 17.0 Å². The van der Waals surface area contributed by atoms with Crippen molar-refractivity contribution in [1.82, 2.24) is 10.6 Å². The van der Waals surface area contributed by atoms with Crippen molar-refractivity contribution in [3.8, 4) is 0 Å². The van der Waals surface area contributed by atoms with Gasteiger partial charge >= 0.3 is 0 Å². The molecule has 1 saturated heterocycles. The van der Waals surface area contributed by atoms with Gasteiger partial charge in [-0.1, -0.05) is 6.07 Å². The summed E-state index contributed by atoms with van der Waals surface area (Å²) in [6.45, 7) is 1.65. The zero-order valence-corrected chi connectivity index (χ0v) is 11.3. The third-order valence-corrected chi connectivity index (χ3v) is 3.60. The number of methoxy groups -OCH3 is 1. The lowest BCUT2D eigenvalue weighted by Crippen LogP contribution is -2.45. The van der Waals surface area contributed by atoms with Crippen molar-refractivity contribution in [1.29, 1.82) is 0 Å². The molecular weight excluding hydrogens is 266 g/mol. The summed E-state index contributed by atoms with van der Waals surface area (Å²) in [4.78, 5) is 12.3. The molecule has 0 saturated carbocycles. The number of amides is 1. The van der Waals surface area contributed by atoms with E-state index in [2.05, 4.69) is 10.6 Å². The first-order valence-corrected chi connectivity index (χ1v) is 6.49. The molecule has 0 spiro atoms. The number of hydrogen-bond acceptors (Lipinski definition) is 3. The van der Waals surface area contributed by atoms with Crippen LogP contribution in [0.3, 0.4) is 0 Å². The van der Waals surface area contributed by atoms with E-state index in [0.29, 0.717) is 19.6 Å². The lowest BCUT2D eigenvalue weighted by atomic mass is 9.87. The Morgan fingerprint density at radius 3 is 2.90 bits per heavy atom. The monoisotopic (exact) mass is 284 g/mol. The normalized spacial score (nSPS) is 21.9. The van der Waals surface area contributed by atoms with Crippen LogP contribution < -0.4 is 10.6 Å². The molecule has 1 aromatic carbocycles. The van der Waals surface area contributed by atoms with E-state index in [-0.39, 0.29) is 18.0 Å². The minimum atomic E-state index is -0.657. The lowest BCUT2D eigenvalue weighted by Gasteiger charge is -2.26. The van der Waals surface area contributed by atoms with E-state index in [1.807, 2.05) is 0 Å². The van der Waals surface area contributed by atoms with Crippen molar-refractivity contribution in [2.24, 2.45) is 5.41 Å². The zero-order valence-electron chi connectivity index (χ0n) is 11.3. The van der Waals surface area contributed by atoms with Gasteiger partial charge in [-0.3, -0.25) is 4.79 Å². The maximum absolute atomic E-state index is 13.5. The summed E-state index contributed by atoms with van der Waals surface area (Å²) in [6, 6.07) is 3.32. The number of carbonyl (C=O) groups excluding carboxylic acids is 1. The Kier molecular flexibility index (Phi) is 4.67. The van der Waals surface area contributed by atoms with Crippen molar-refractivity contribution in [3.63, 3.8) is 0 Å². The lowest BCUT2D eigenvalue weighted by molar-refractivity contribution is -0.133. The number of benzene rings is 1. The number of halogens is 2. The predicted octanol–water partition coefficient (Wildman–Crippen LogP) is 1.21. The average Bonchev–Trinajstić information content (AvgIpc) is 2.88. The minimum absolute atomic E-state index is 0.0381. The van der Waals surface area contributed by atoms with Crippen LogP contribution in [-0.2, 0) is 16.1 Å². The number of carbonyl (C=O) groups is 1. The first kappa shape index (κ1) is 14.9. The second-order valence-corrected chi connectivity index (χ2v) is 5.06. The molecule has 0 aliphatic carbocycles. The topological polar surface area (TPSA) is 50.4 Å². The van der Waals surface area contributed by atoms with Gasteiger partial charge in [0.1, 0.15) is 11.6 Å². The summed E-state index contributed by atoms with van der Waals surface area (Å²) < 4.78 is 31.4. The molecular formula is C14H18F2N2O2. The van der Waals surface area contributed by atoms with Gasteiger partial charge in [-0.15, -0.1) is 0 Å². The second-order valence-electron chi connectivity index (χ2n) is 5.06. The molecule has 1 amide bonds. The first-order valence-electron chi connectivity index (χ1n) is 6.49. The third kappa shape index (κ3) is 3.13. The van der Waals surface area contributed by atoms with E-state index >= 15 is 0 Å². The number of nitrogens with one attached hydrogen (secondary N) is 2. The number of hydrogen-bond donors (Lipinski definition) is 2. The molecule has 0 radical (unpaired) electrons. The van der Waals surface area contributed by atoms with Gasteiger partial charge < -0.3 is 15.4 Å². The second kappa shape index (κ2) is 6.28. The van der Waals surface area contributed by atoms with E-state index in [4.69, 9.17) is 4.74 Å². The summed E-state index contributed by atoms with van der Waals surface area (Å²) in [5.41, 5.74) is -0.344. The Morgan fingerprint density at radius 1 is 1.50 bits per heavy atom. The van der Waals surface area contributed by atoms with E-state index in [1.165, 1.54) is 12.1 Å². The standard InChI is InChI=1S/C14H18F2N2O2/c1-20-9-14(4-5-17-8-14)13(19)18-7-10-2-3-11(15)6-12(10)16/h2-3,6,17H,4-5,7-9H2,1H3,(H,18,19). The Morgan fingerprint density at radius 2 is 2.30 bits per heavy atom. The van der Waals surface area contributed by atoms with Crippen molar-refractivity contribution in [2.45, 2.75) is 13.0 Å². The van der Waals surface area contributed by atoms with Crippen LogP contribution in [0.4, 0.5) is 8.78 Å². The molecule has 1 unspecified atom stereocenters. The quantitative estimate of drug-likeness (QED) is 0.854. The molecule has 2 rings (SSSR count). The van der Waals surface area contributed by atoms with Crippen LogP contribution in [0.15, 0.2) is 18.2 Å². The van der Waals surface area contributed by atoms with Crippen LogP contribution in [0.25, 0.3) is 0 Å². The van der Waals surface area contributed by atoms with Crippen LogP contribution in [-0.4, -0.2) is 32.7 Å². The fourth-order valence-electron chi connectivity index (χ4n) is 2.43. The molecule has 6 heteroatoms. The maximum atomic E-state index is 13.5. The molecule has 2 N–H and O–H groups in total. The average molecular weight is 284 g/mol. The van der Waals surface area contributed by atoms with Crippen LogP contribution in [0.1, 0.15) is 12.0 Å². The molecule has 4 nitrogen and oxygen atoms in total. The molecule has 1 aliphatic heterocycles. The van der Waals surface area contributed by atoms with Gasteiger partial charge in [0, 0.05) is 31.8 Å². The van der Waals surface area contributed by atoms with Gasteiger partial charge in [-0.25, -0.2) is 8.78 Å². The molecule has 20 heavy (non-hydrogen) atoms. The van der Waals surface area contributed by atoms with Crippen LogP contribution in [0.2, 0.25) is 0 Å². The summed E-state index contributed by atoms with van der Waals surface area (Å²) in [7, 11) is 1.55. The Balaban J connectivity index is 2.00. The molecule has 1 aromatic rings. The smallest absolute Gasteiger partial charge is 0.230 e. The van der Waals surface area contributed by atoms with Gasteiger partial charge in [-0.2, -0.15) is 0 Å². The summed E-state index contributed by atoms with van der Waals surface area (Å²) in [6.07, 6.45) is 0.679. The highest BCUT2D eigenvalue weighted by Crippen LogP contribution is 2.26. The summed E-state index contributed by atoms with van der Waals surface area (Å²) in [5, 5.41) is 5.84. The van der Waals surface area contributed by atoms with Crippen molar-refractivity contribution in [3.05, 3.63) is 35.4 Å². The Hall–Kier alpha value is -1.53. The Labute approximate surface area is 116 Å². The minimum Gasteiger partial charge on any atom is -0.384 e. The molecule has 110 valence electrons. The Bertz CT molecular complexity index is 488. The van der Waals surface area contributed by atoms with Crippen LogP contribution >= 0.6 is 0 Å². The highest BCUT2D eigenvalue weighted by atomic mass is 19.1. The largest absolute Gasteiger partial charge is 0.384 e. The predicted molar refractivity (Wildman–Crippen MR) is 70.0 cm³/mol. The molecule has 0 aromatic heterocycles. The highest BCUT2D eigenvalue weighted by molar-refractivity contribution is 5.83. The van der Waals surface area contributed by atoms with Crippen molar-refractivity contribution >= 4 is 5.91 Å². The van der Waals surface area contributed by atoms with Crippen molar-refractivity contribution < 1.29 is 18.3 Å². The molecule has 1 aliphatic rings. The van der Waals surface area contributed by atoms with Gasteiger partial charge in [0.15, 0.2) is 0 Å². The van der Waals surface area contributed by atoms with Gasteiger partial charge in [-0.05, 0) is 19.0 Å². The highest BCUT2D eigenvalue weighted by Gasteiger charge is 2.41. The van der Waals surface area contributed by atoms with Gasteiger partial charge in [0.2, 0.25) is 5.91 Å². The number of rotatable bonds is 5. The zero-order chi connectivity index (χ0) is 14.6. The van der Waals surface area contributed by atoms with Crippen LogP contribution in [0.5, 0.6) is 0 Å². The maximum Gasteiger partial charge on any atom is 0.230 e. The van der Waals surface area contributed by atoms with E-state index in [9.17, 15) is 13.6 Å². The fraction of sp³-hybridized carbons (Fsp3) is 0.500. The summed E-state index contributed by atoms with van der Waals surface area (Å²) in [5.74, 6) is -1.46. The van der Waals surface area contributed by atoms with E-state index in [1.54, 1.807) is 7.11 Å². The SMILES string of the molecule is COCC1(C(=O)NCc2ccc(F)cc2F)CCNC1. The molecule has 1 fully saturated rings.